The standard InChI is InChI=1S/C35H36N10O3/c36-33(42-48)25-4-1-3-24(19-25)32-29-20-27(7-10-30(29)40-41-32)39-35(47)26-11-14-43(21-26)22-31(46)45-17-15-44(16-18-45)28-8-5-23(6-9-28)34-37-12-2-13-38-34/h1-10,12-13,19-20,26,48H,11,14-18,21-22H2,(H2,36,42)(H,39,47)(H,40,41)/t26-/m1/s1. The molecule has 2 saturated heterocycles. The van der Waals surface area contributed by atoms with Crippen molar-refractivity contribution < 1.29 is 14.8 Å². The molecule has 0 unspecified atom stereocenters. The predicted octanol–water partition coefficient (Wildman–Crippen LogP) is 3.60. The van der Waals surface area contributed by atoms with Crippen molar-refractivity contribution in [1.29, 1.82) is 5.41 Å². The number of anilines is 2. The molecule has 1 atom stereocenters. The highest BCUT2D eigenvalue weighted by atomic mass is 16.5. The third-order valence-electron chi connectivity index (χ3n) is 9.06. The van der Waals surface area contributed by atoms with Gasteiger partial charge in [-0.2, -0.15) is 5.10 Å². The lowest BCUT2D eigenvalue weighted by Gasteiger charge is -2.36. The Morgan fingerprint density at radius 3 is 2.48 bits per heavy atom. The lowest BCUT2D eigenvalue weighted by atomic mass is 10.0. The zero-order valence-electron chi connectivity index (χ0n) is 26.3. The van der Waals surface area contributed by atoms with E-state index in [1.165, 1.54) is 0 Å². The van der Waals surface area contributed by atoms with Crippen molar-refractivity contribution in [3.05, 3.63) is 90.8 Å². The molecule has 48 heavy (non-hydrogen) atoms. The molecule has 3 aromatic carbocycles. The fraction of sp³-hybridized carbons (Fsp3) is 0.257. The van der Waals surface area contributed by atoms with Crippen LogP contribution in [0.25, 0.3) is 33.5 Å². The van der Waals surface area contributed by atoms with E-state index in [0.717, 1.165) is 40.8 Å². The zero-order chi connectivity index (χ0) is 33.0. The van der Waals surface area contributed by atoms with Crippen LogP contribution in [-0.4, -0.2) is 98.6 Å². The first kappa shape index (κ1) is 31.0. The molecule has 2 aliphatic heterocycles. The minimum atomic E-state index is -0.216. The summed E-state index contributed by atoms with van der Waals surface area (Å²) in [4.78, 5) is 41.4. The van der Waals surface area contributed by atoms with Gasteiger partial charge in [-0.05, 0) is 67.6 Å². The maximum absolute atomic E-state index is 13.3. The van der Waals surface area contributed by atoms with Gasteiger partial charge in [-0.3, -0.25) is 35.7 Å². The molecule has 0 spiro atoms. The van der Waals surface area contributed by atoms with E-state index < -0.39 is 0 Å². The molecule has 2 aliphatic rings. The number of benzene rings is 3. The highest BCUT2D eigenvalue weighted by molar-refractivity contribution is 6.01. The third kappa shape index (κ3) is 6.59. The van der Waals surface area contributed by atoms with Gasteiger partial charge in [0.2, 0.25) is 11.8 Å². The number of rotatable bonds is 8. The van der Waals surface area contributed by atoms with Crippen molar-refractivity contribution in [2.24, 2.45) is 5.92 Å². The van der Waals surface area contributed by atoms with Crippen molar-refractivity contribution in [2.75, 3.05) is 56.0 Å². The van der Waals surface area contributed by atoms with Crippen LogP contribution in [0.5, 0.6) is 0 Å². The fourth-order valence-electron chi connectivity index (χ4n) is 6.41. The summed E-state index contributed by atoms with van der Waals surface area (Å²) in [5, 5.41) is 28.4. The average Bonchev–Trinajstić information content (AvgIpc) is 3.79. The van der Waals surface area contributed by atoms with Crippen LogP contribution in [0.4, 0.5) is 11.4 Å². The van der Waals surface area contributed by atoms with Gasteiger partial charge >= 0.3 is 0 Å². The highest BCUT2D eigenvalue weighted by Crippen LogP contribution is 2.30. The van der Waals surface area contributed by atoms with Gasteiger partial charge in [0.05, 0.1) is 23.7 Å². The minimum absolute atomic E-state index is 0.0720. The number of aromatic nitrogens is 4. The second-order valence-electron chi connectivity index (χ2n) is 12.1. The number of aromatic amines is 1. The number of hydrogen-bond donors (Lipinski definition) is 5. The Morgan fingerprint density at radius 1 is 0.917 bits per heavy atom. The van der Waals surface area contributed by atoms with Crippen LogP contribution in [0, 0.1) is 11.3 Å². The summed E-state index contributed by atoms with van der Waals surface area (Å²) < 4.78 is 0. The first-order valence-electron chi connectivity index (χ1n) is 16.0. The molecular formula is C35H36N10O3. The van der Waals surface area contributed by atoms with Gasteiger partial charge in [0.1, 0.15) is 5.84 Å². The summed E-state index contributed by atoms with van der Waals surface area (Å²) in [6.07, 6.45) is 4.16. The van der Waals surface area contributed by atoms with Crippen LogP contribution >= 0.6 is 0 Å². The molecule has 0 bridgehead atoms. The van der Waals surface area contributed by atoms with Crippen LogP contribution in [-0.2, 0) is 9.59 Å². The highest BCUT2D eigenvalue weighted by Gasteiger charge is 2.31. The van der Waals surface area contributed by atoms with Crippen LogP contribution in [0.3, 0.4) is 0 Å². The lowest BCUT2D eigenvalue weighted by Crippen LogP contribution is -2.51. The molecule has 2 amide bonds. The Labute approximate surface area is 277 Å². The van der Waals surface area contributed by atoms with E-state index in [0.29, 0.717) is 61.9 Å². The number of carbonyl (C=O) groups excluding carboxylic acids is 2. The van der Waals surface area contributed by atoms with Gasteiger partial charge in [0.15, 0.2) is 5.82 Å². The average molecular weight is 645 g/mol. The van der Waals surface area contributed by atoms with E-state index in [-0.39, 0.29) is 23.6 Å². The van der Waals surface area contributed by atoms with Gasteiger partial charge in [-0.1, -0.05) is 18.2 Å². The molecule has 13 nitrogen and oxygen atoms in total. The maximum Gasteiger partial charge on any atom is 0.236 e. The fourth-order valence-corrected chi connectivity index (χ4v) is 6.41. The molecular weight excluding hydrogens is 608 g/mol. The van der Waals surface area contributed by atoms with Gasteiger partial charge in [-0.25, -0.2) is 9.97 Å². The summed E-state index contributed by atoms with van der Waals surface area (Å²) in [6, 6.07) is 22.8. The van der Waals surface area contributed by atoms with E-state index >= 15 is 0 Å². The minimum Gasteiger partial charge on any atom is -0.368 e. The van der Waals surface area contributed by atoms with E-state index in [9.17, 15) is 9.59 Å². The quantitative estimate of drug-likeness (QED) is 0.0964. The van der Waals surface area contributed by atoms with Gasteiger partial charge in [0.25, 0.3) is 0 Å². The first-order chi connectivity index (χ1) is 23.4. The van der Waals surface area contributed by atoms with Crippen LogP contribution in [0.1, 0.15) is 12.0 Å². The number of nitrogens with one attached hydrogen (secondary N) is 4. The van der Waals surface area contributed by atoms with Crippen molar-refractivity contribution in [1.82, 2.24) is 35.4 Å². The van der Waals surface area contributed by atoms with Gasteiger partial charge in [-0.15, -0.1) is 0 Å². The Bertz CT molecular complexity index is 1940. The summed E-state index contributed by atoms with van der Waals surface area (Å²) in [5.41, 5.74) is 7.39. The molecule has 0 aliphatic carbocycles. The number of amides is 2. The number of hydroxylamine groups is 1. The van der Waals surface area contributed by atoms with Crippen molar-refractivity contribution in [2.45, 2.75) is 6.42 Å². The number of amidine groups is 1. The monoisotopic (exact) mass is 644 g/mol. The lowest BCUT2D eigenvalue weighted by molar-refractivity contribution is -0.132. The largest absolute Gasteiger partial charge is 0.368 e. The second-order valence-corrected chi connectivity index (χ2v) is 12.1. The summed E-state index contributed by atoms with van der Waals surface area (Å²) >= 11 is 0. The smallest absolute Gasteiger partial charge is 0.236 e. The summed E-state index contributed by atoms with van der Waals surface area (Å²) in [6.45, 7) is 4.37. The molecule has 2 fully saturated rings. The maximum atomic E-state index is 13.3. The topological polar surface area (TPSA) is 166 Å². The molecule has 4 heterocycles. The van der Waals surface area contributed by atoms with Crippen LogP contribution in [0.15, 0.2) is 85.2 Å². The first-order valence-corrected chi connectivity index (χ1v) is 16.0. The summed E-state index contributed by atoms with van der Waals surface area (Å²) in [7, 11) is 0. The van der Waals surface area contributed by atoms with Crippen LogP contribution < -0.4 is 15.7 Å². The number of H-pyrrole nitrogens is 1. The number of likely N-dealkylation sites (tertiary alicyclic amines) is 1. The number of nitrogens with zero attached hydrogens (tertiary/aromatic N) is 6. The van der Waals surface area contributed by atoms with Crippen molar-refractivity contribution in [3.8, 4) is 22.6 Å². The van der Waals surface area contributed by atoms with Crippen molar-refractivity contribution in [3.63, 3.8) is 0 Å². The molecule has 5 N–H and O–H groups in total. The Morgan fingerprint density at radius 2 is 1.71 bits per heavy atom. The van der Waals surface area contributed by atoms with Crippen LogP contribution in [0.2, 0.25) is 0 Å². The Kier molecular flexibility index (Phi) is 8.77. The van der Waals surface area contributed by atoms with E-state index in [1.54, 1.807) is 36.7 Å². The molecule has 0 saturated carbocycles. The third-order valence-corrected chi connectivity index (χ3v) is 9.06. The number of piperazine rings is 1. The normalized spacial score (nSPS) is 16.6. The van der Waals surface area contributed by atoms with E-state index in [4.69, 9.17) is 10.6 Å². The molecule has 244 valence electrons. The predicted molar refractivity (Wildman–Crippen MR) is 183 cm³/mol. The Hall–Kier alpha value is -5.66. The van der Waals surface area contributed by atoms with E-state index in [1.807, 2.05) is 46.8 Å². The zero-order valence-corrected chi connectivity index (χ0v) is 26.3. The summed E-state index contributed by atoms with van der Waals surface area (Å²) in [5.74, 6) is 0.395. The number of carbonyl (C=O) groups is 2. The SMILES string of the molecule is N=C(NO)c1cccc(-c2n[nH]c3ccc(NC(=O)[C@@H]4CCN(CC(=O)N5CCN(c6ccc(-c7ncccn7)cc6)CC5)C4)cc23)c1. The van der Waals surface area contributed by atoms with Crippen molar-refractivity contribution >= 4 is 39.9 Å². The van der Waals surface area contributed by atoms with Gasteiger partial charge in [0, 0.05) is 78.6 Å². The number of fused-ring (bicyclic) bond motifs is 1. The molecule has 13 heteroatoms. The van der Waals surface area contributed by atoms with E-state index in [2.05, 4.69) is 47.4 Å². The molecule has 2 aromatic heterocycles. The second kappa shape index (κ2) is 13.6. The molecule has 5 aromatic rings. The number of hydrogen-bond acceptors (Lipinski definition) is 9. The molecule has 0 radical (unpaired) electrons. The Balaban J connectivity index is 0.909. The van der Waals surface area contributed by atoms with Gasteiger partial charge < -0.3 is 15.1 Å². The molecule has 7 rings (SSSR count).